The van der Waals surface area contributed by atoms with Crippen molar-refractivity contribution in [2.45, 2.75) is 76.3 Å². The summed E-state index contributed by atoms with van der Waals surface area (Å²) < 4.78 is 0. The van der Waals surface area contributed by atoms with E-state index in [1.54, 1.807) is 11.0 Å². The molecule has 1 aliphatic carbocycles. The van der Waals surface area contributed by atoms with E-state index in [4.69, 9.17) is 5.73 Å². The van der Waals surface area contributed by atoms with Crippen LogP contribution < -0.4 is 11.1 Å². The van der Waals surface area contributed by atoms with Crippen LogP contribution in [0.2, 0.25) is 0 Å². The van der Waals surface area contributed by atoms with Gasteiger partial charge in [0, 0.05) is 43.7 Å². The van der Waals surface area contributed by atoms with E-state index in [0.717, 1.165) is 50.6 Å². The van der Waals surface area contributed by atoms with E-state index >= 15 is 0 Å². The minimum atomic E-state index is -0.391. The summed E-state index contributed by atoms with van der Waals surface area (Å²) in [4.78, 5) is 45.4. The predicted octanol–water partition coefficient (Wildman–Crippen LogP) is 2.05. The molecule has 1 aromatic heterocycles. The van der Waals surface area contributed by atoms with Crippen molar-refractivity contribution in [2.75, 3.05) is 25.4 Å². The number of likely N-dealkylation sites (tertiary alicyclic amines) is 2. The zero-order valence-corrected chi connectivity index (χ0v) is 18.3. The average molecular weight is 428 g/mol. The van der Waals surface area contributed by atoms with Crippen LogP contribution in [0.3, 0.4) is 0 Å². The van der Waals surface area contributed by atoms with Gasteiger partial charge in [0.05, 0.1) is 5.56 Å². The van der Waals surface area contributed by atoms with Gasteiger partial charge >= 0.3 is 0 Å². The molecule has 1 unspecified atom stereocenters. The molecule has 8 heteroatoms. The van der Waals surface area contributed by atoms with Crippen molar-refractivity contribution in [2.24, 2.45) is 0 Å². The van der Waals surface area contributed by atoms with Crippen LogP contribution in [0.1, 0.15) is 80.3 Å². The number of nitrogens with zero attached hydrogens (tertiary/aromatic N) is 3. The Hall–Kier alpha value is -2.64. The number of anilines is 1. The lowest BCUT2D eigenvalue weighted by molar-refractivity contribution is -0.143. The van der Waals surface area contributed by atoms with Crippen molar-refractivity contribution >= 4 is 23.5 Å². The molecule has 0 bridgehead atoms. The first kappa shape index (κ1) is 21.6. The fraction of sp³-hybridized carbons (Fsp3) is 0.652. The molecule has 3 amide bonds. The molecule has 2 aliphatic heterocycles. The number of piperidine rings is 1. The van der Waals surface area contributed by atoms with Gasteiger partial charge in [-0.25, -0.2) is 4.98 Å². The van der Waals surface area contributed by atoms with Gasteiger partial charge in [0.1, 0.15) is 11.9 Å². The summed E-state index contributed by atoms with van der Waals surface area (Å²) in [5, 5.41) is 3.06. The molecule has 3 fully saturated rings. The first-order valence-electron chi connectivity index (χ1n) is 11.6. The second-order valence-corrected chi connectivity index (χ2v) is 9.09. The molecule has 3 aliphatic rings. The molecular formula is C23H33N5O3. The lowest BCUT2D eigenvalue weighted by Crippen LogP contribution is -2.49. The van der Waals surface area contributed by atoms with Crippen molar-refractivity contribution < 1.29 is 14.4 Å². The van der Waals surface area contributed by atoms with Crippen LogP contribution in [-0.2, 0) is 9.59 Å². The molecular weight excluding hydrogens is 394 g/mol. The van der Waals surface area contributed by atoms with Gasteiger partial charge in [-0.2, -0.15) is 0 Å². The highest BCUT2D eigenvalue weighted by molar-refractivity contribution is 5.98. The summed E-state index contributed by atoms with van der Waals surface area (Å²) in [5.41, 5.74) is 7.44. The molecule has 1 aromatic rings. The SMILES string of the molecule is CC(C(=O)N1CCC(c2ccc(C(=O)NC3CCCC3)c(N)n2)CC1)N1CCCC1=O. The highest BCUT2D eigenvalue weighted by atomic mass is 16.2. The van der Waals surface area contributed by atoms with Crippen LogP contribution >= 0.6 is 0 Å². The molecule has 168 valence electrons. The van der Waals surface area contributed by atoms with Crippen LogP contribution in [0.5, 0.6) is 0 Å². The van der Waals surface area contributed by atoms with Crippen molar-refractivity contribution in [3.8, 4) is 0 Å². The average Bonchev–Trinajstić information content (AvgIpc) is 3.44. The predicted molar refractivity (Wildman–Crippen MR) is 117 cm³/mol. The Morgan fingerprint density at radius 3 is 2.42 bits per heavy atom. The van der Waals surface area contributed by atoms with Gasteiger partial charge in [-0.3, -0.25) is 14.4 Å². The zero-order chi connectivity index (χ0) is 22.0. The van der Waals surface area contributed by atoms with Gasteiger partial charge in [-0.05, 0) is 51.2 Å². The zero-order valence-electron chi connectivity index (χ0n) is 18.3. The molecule has 2 saturated heterocycles. The van der Waals surface area contributed by atoms with Crippen LogP contribution in [0.15, 0.2) is 12.1 Å². The maximum Gasteiger partial charge on any atom is 0.255 e. The molecule has 0 spiro atoms. The van der Waals surface area contributed by atoms with E-state index in [2.05, 4.69) is 10.3 Å². The number of pyridine rings is 1. The van der Waals surface area contributed by atoms with E-state index < -0.39 is 6.04 Å². The molecule has 4 rings (SSSR count). The highest BCUT2D eigenvalue weighted by Crippen LogP contribution is 2.29. The van der Waals surface area contributed by atoms with Crippen molar-refractivity contribution in [3.63, 3.8) is 0 Å². The maximum atomic E-state index is 12.8. The molecule has 31 heavy (non-hydrogen) atoms. The fourth-order valence-corrected chi connectivity index (χ4v) is 5.12. The number of carbonyl (C=O) groups excluding carboxylic acids is 3. The lowest BCUT2D eigenvalue weighted by Gasteiger charge is -2.35. The topological polar surface area (TPSA) is 109 Å². The van der Waals surface area contributed by atoms with E-state index in [-0.39, 0.29) is 35.5 Å². The Labute approximate surface area is 183 Å². The van der Waals surface area contributed by atoms with Gasteiger partial charge in [-0.1, -0.05) is 12.8 Å². The summed E-state index contributed by atoms with van der Waals surface area (Å²) in [6.45, 7) is 3.78. The number of hydrogen-bond acceptors (Lipinski definition) is 5. The molecule has 0 aromatic carbocycles. The number of amides is 3. The van der Waals surface area contributed by atoms with Gasteiger partial charge in [-0.15, -0.1) is 0 Å². The monoisotopic (exact) mass is 427 g/mol. The number of hydrogen-bond donors (Lipinski definition) is 2. The summed E-state index contributed by atoms with van der Waals surface area (Å²) >= 11 is 0. The first-order valence-corrected chi connectivity index (χ1v) is 11.6. The third kappa shape index (κ3) is 4.67. The second-order valence-electron chi connectivity index (χ2n) is 9.09. The molecule has 3 heterocycles. The van der Waals surface area contributed by atoms with Crippen molar-refractivity contribution in [1.82, 2.24) is 20.1 Å². The third-order valence-electron chi connectivity index (χ3n) is 7.04. The molecule has 3 N–H and O–H groups in total. The van der Waals surface area contributed by atoms with Gasteiger partial charge in [0.2, 0.25) is 11.8 Å². The Balaban J connectivity index is 1.33. The Morgan fingerprint density at radius 2 is 1.81 bits per heavy atom. The first-order chi connectivity index (χ1) is 14.9. The third-order valence-corrected chi connectivity index (χ3v) is 7.04. The summed E-state index contributed by atoms with van der Waals surface area (Å²) in [7, 11) is 0. The minimum absolute atomic E-state index is 0.0279. The second kappa shape index (κ2) is 9.24. The normalized spacial score (nSPS) is 21.5. The molecule has 0 radical (unpaired) electrons. The summed E-state index contributed by atoms with van der Waals surface area (Å²) in [5.74, 6) is 0.441. The molecule has 1 atom stereocenters. The number of nitrogen functional groups attached to an aromatic ring is 1. The highest BCUT2D eigenvalue weighted by Gasteiger charge is 2.34. The van der Waals surface area contributed by atoms with Crippen LogP contribution in [0, 0.1) is 0 Å². The van der Waals surface area contributed by atoms with E-state index in [1.165, 1.54) is 0 Å². The van der Waals surface area contributed by atoms with Crippen molar-refractivity contribution in [3.05, 3.63) is 23.4 Å². The van der Waals surface area contributed by atoms with Crippen LogP contribution in [-0.4, -0.2) is 64.2 Å². The van der Waals surface area contributed by atoms with Gasteiger partial charge in [0.25, 0.3) is 5.91 Å². The number of carbonyl (C=O) groups is 3. The number of rotatable bonds is 5. The Bertz CT molecular complexity index is 844. The summed E-state index contributed by atoms with van der Waals surface area (Å²) in [6, 6.07) is 3.53. The van der Waals surface area contributed by atoms with Gasteiger partial charge < -0.3 is 20.9 Å². The Kier molecular flexibility index (Phi) is 6.43. The lowest BCUT2D eigenvalue weighted by atomic mass is 9.92. The Morgan fingerprint density at radius 1 is 1.10 bits per heavy atom. The quantitative estimate of drug-likeness (QED) is 0.748. The smallest absolute Gasteiger partial charge is 0.255 e. The minimum Gasteiger partial charge on any atom is -0.383 e. The number of aromatic nitrogens is 1. The molecule has 8 nitrogen and oxygen atoms in total. The molecule has 1 saturated carbocycles. The maximum absolute atomic E-state index is 12.8. The van der Waals surface area contributed by atoms with Gasteiger partial charge in [0.15, 0.2) is 0 Å². The number of nitrogens with one attached hydrogen (secondary N) is 1. The fourth-order valence-electron chi connectivity index (χ4n) is 5.12. The van der Waals surface area contributed by atoms with E-state index in [9.17, 15) is 14.4 Å². The largest absolute Gasteiger partial charge is 0.383 e. The van der Waals surface area contributed by atoms with Crippen LogP contribution in [0.25, 0.3) is 0 Å². The van der Waals surface area contributed by atoms with E-state index in [1.807, 2.05) is 17.9 Å². The van der Waals surface area contributed by atoms with Crippen LogP contribution in [0.4, 0.5) is 5.82 Å². The standard InChI is InChI=1S/C23H33N5O3/c1-15(28-12-4-7-20(28)29)23(31)27-13-10-16(11-14-27)19-9-8-18(21(24)26-19)22(30)25-17-5-2-3-6-17/h8-9,15-17H,2-7,10-14H2,1H3,(H2,24,26)(H,25,30). The number of nitrogens with two attached hydrogens (primary N) is 1. The van der Waals surface area contributed by atoms with Crippen molar-refractivity contribution in [1.29, 1.82) is 0 Å². The summed E-state index contributed by atoms with van der Waals surface area (Å²) in [6.07, 6.45) is 7.34. The van der Waals surface area contributed by atoms with E-state index in [0.29, 0.717) is 31.6 Å².